The maximum Gasteiger partial charge on any atom is 0.150 e. The molecule has 2 unspecified atom stereocenters. The molecular formula is C15H20O. The number of aldehydes is 1. The van der Waals surface area contributed by atoms with Gasteiger partial charge in [-0.3, -0.25) is 4.79 Å². The van der Waals surface area contributed by atoms with E-state index in [0.717, 1.165) is 23.3 Å². The summed E-state index contributed by atoms with van der Waals surface area (Å²) in [5.41, 5.74) is 3.37. The molecule has 1 fully saturated rings. The number of benzene rings is 1. The number of hydrogen-bond acceptors (Lipinski definition) is 1. The van der Waals surface area contributed by atoms with Crippen LogP contribution in [0.3, 0.4) is 0 Å². The molecule has 86 valence electrons. The Kier molecular flexibility index (Phi) is 3.42. The molecule has 2 rings (SSSR count). The molecule has 1 aromatic rings. The predicted octanol–water partition coefficient (Wildman–Crippen LogP) is 4.10. The molecule has 1 aliphatic carbocycles. The Hall–Kier alpha value is -1.11. The van der Waals surface area contributed by atoms with E-state index in [2.05, 4.69) is 19.1 Å². The molecule has 0 heterocycles. The van der Waals surface area contributed by atoms with E-state index in [4.69, 9.17) is 0 Å². The first-order valence-electron chi connectivity index (χ1n) is 6.28. The molecule has 1 saturated carbocycles. The molecule has 1 heteroatoms. The molecule has 0 N–H and O–H groups in total. The zero-order valence-corrected chi connectivity index (χ0v) is 10.2. The summed E-state index contributed by atoms with van der Waals surface area (Å²) in [7, 11) is 0. The monoisotopic (exact) mass is 216 g/mol. The van der Waals surface area contributed by atoms with Crippen LogP contribution in [0, 0.1) is 12.8 Å². The Bertz CT molecular complexity index is 381. The van der Waals surface area contributed by atoms with Gasteiger partial charge in [-0.1, -0.05) is 44.4 Å². The van der Waals surface area contributed by atoms with E-state index >= 15 is 0 Å². The van der Waals surface area contributed by atoms with Crippen molar-refractivity contribution in [3.63, 3.8) is 0 Å². The van der Waals surface area contributed by atoms with E-state index in [9.17, 15) is 4.79 Å². The van der Waals surface area contributed by atoms with Crippen LogP contribution >= 0.6 is 0 Å². The van der Waals surface area contributed by atoms with E-state index in [1.54, 1.807) is 0 Å². The lowest BCUT2D eigenvalue weighted by molar-refractivity contribution is 0.112. The number of hydrogen-bond donors (Lipinski definition) is 0. The standard InChI is InChI=1S/C15H20O/c1-11-5-3-4-6-15(11)13-7-8-14(10-16)12(2)9-13/h7-11,15H,3-6H2,1-2H3. The van der Waals surface area contributed by atoms with Crippen molar-refractivity contribution in [3.8, 4) is 0 Å². The van der Waals surface area contributed by atoms with Crippen molar-refractivity contribution in [2.24, 2.45) is 5.92 Å². The Morgan fingerprint density at radius 3 is 2.62 bits per heavy atom. The van der Waals surface area contributed by atoms with Crippen molar-refractivity contribution in [2.45, 2.75) is 45.4 Å². The number of rotatable bonds is 2. The molecule has 2 atom stereocenters. The fraction of sp³-hybridized carbons (Fsp3) is 0.533. The summed E-state index contributed by atoms with van der Waals surface area (Å²) in [4.78, 5) is 10.8. The Morgan fingerprint density at radius 2 is 2.00 bits per heavy atom. The lowest BCUT2D eigenvalue weighted by Crippen LogP contribution is -2.15. The fourth-order valence-electron chi connectivity index (χ4n) is 2.87. The minimum Gasteiger partial charge on any atom is -0.298 e. The van der Waals surface area contributed by atoms with Crippen LogP contribution in [-0.2, 0) is 0 Å². The molecular weight excluding hydrogens is 196 g/mol. The van der Waals surface area contributed by atoms with E-state index in [0.29, 0.717) is 5.92 Å². The van der Waals surface area contributed by atoms with Gasteiger partial charge in [0.15, 0.2) is 0 Å². The summed E-state index contributed by atoms with van der Waals surface area (Å²) in [6, 6.07) is 6.32. The van der Waals surface area contributed by atoms with E-state index < -0.39 is 0 Å². The highest BCUT2D eigenvalue weighted by Gasteiger charge is 2.22. The first kappa shape index (κ1) is 11.4. The molecule has 16 heavy (non-hydrogen) atoms. The minimum absolute atomic E-state index is 0.702. The van der Waals surface area contributed by atoms with Crippen molar-refractivity contribution in [3.05, 3.63) is 34.9 Å². The van der Waals surface area contributed by atoms with Crippen LogP contribution in [0.5, 0.6) is 0 Å². The second-order valence-corrected chi connectivity index (χ2v) is 5.10. The molecule has 1 aromatic carbocycles. The number of carbonyl (C=O) groups excluding carboxylic acids is 1. The molecule has 0 radical (unpaired) electrons. The van der Waals surface area contributed by atoms with Crippen LogP contribution < -0.4 is 0 Å². The van der Waals surface area contributed by atoms with Crippen LogP contribution in [0.4, 0.5) is 0 Å². The van der Waals surface area contributed by atoms with Crippen molar-refractivity contribution in [1.82, 2.24) is 0 Å². The summed E-state index contributed by atoms with van der Waals surface area (Å²) < 4.78 is 0. The van der Waals surface area contributed by atoms with Crippen LogP contribution in [0.2, 0.25) is 0 Å². The summed E-state index contributed by atoms with van der Waals surface area (Å²) in [6.45, 7) is 4.38. The third kappa shape index (κ3) is 2.18. The quantitative estimate of drug-likeness (QED) is 0.680. The van der Waals surface area contributed by atoms with Gasteiger partial charge in [0.1, 0.15) is 6.29 Å². The van der Waals surface area contributed by atoms with Gasteiger partial charge in [0.05, 0.1) is 0 Å². The molecule has 0 aliphatic heterocycles. The van der Waals surface area contributed by atoms with Gasteiger partial charge in [0.25, 0.3) is 0 Å². The largest absolute Gasteiger partial charge is 0.298 e. The summed E-state index contributed by atoms with van der Waals surface area (Å²) in [5, 5.41) is 0. The van der Waals surface area contributed by atoms with E-state index in [-0.39, 0.29) is 0 Å². The van der Waals surface area contributed by atoms with Crippen molar-refractivity contribution >= 4 is 6.29 Å². The normalized spacial score (nSPS) is 25.4. The molecule has 0 saturated heterocycles. The van der Waals surface area contributed by atoms with Gasteiger partial charge < -0.3 is 0 Å². The zero-order valence-electron chi connectivity index (χ0n) is 10.2. The Morgan fingerprint density at radius 1 is 1.25 bits per heavy atom. The van der Waals surface area contributed by atoms with Gasteiger partial charge in [0.2, 0.25) is 0 Å². The van der Waals surface area contributed by atoms with Crippen LogP contribution in [-0.4, -0.2) is 6.29 Å². The van der Waals surface area contributed by atoms with E-state index in [1.807, 2.05) is 13.0 Å². The van der Waals surface area contributed by atoms with Gasteiger partial charge in [0, 0.05) is 5.56 Å². The van der Waals surface area contributed by atoms with E-state index in [1.165, 1.54) is 31.2 Å². The Labute approximate surface area is 97.9 Å². The summed E-state index contributed by atoms with van der Waals surface area (Å²) in [6.07, 6.45) is 6.33. The lowest BCUT2D eigenvalue weighted by atomic mass is 9.76. The smallest absolute Gasteiger partial charge is 0.150 e. The average molecular weight is 216 g/mol. The Balaban J connectivity index is 2.26. The van der Waals surface area contributed by atoms with Gasteiger partial charge in [-0.25, -0.2) is 0 Å². The van der Waals surface area contributed by atoms with Gasteiger partial charge in [-0.05, 0) is 36.3 Å². The molecule has 1 aliphatic rings. The molecule has 0 spiro atoms. The van der Waals surface area contributed by atoms with Gasteiger partial charge in [-0.2, -0.15) is 0 Å². The first-order valence-corrected chi connectivity index (χ1v) is 6.28. The third-order valence-electron chi connectivity index (χ3n) is 3.96. The zero-order chi connectivity index (χ0) is 11.5. The molecule has 0 bridgehead atoms. The van der Waals surface area contributed by atoms with Gasteiger partial charge >= 0.3 is 0 Å². The van der Waals surface area contributed by atoms with Crippen LogP contribution in [0.15, 0.2) is 18.2 Å². The maximum absolute atomic E-state index is 10.8. The first-order chi connectivity index (χ1) is 7.72. The number of aryl methyl sites for hydroxylation is 1. The maximum atomic E-state index is 10.8. The second kappa shape index (κ2) is 4.82. The number of carbonyl (C=O) groups is 1. The van der Waals surface area contributed by atoms with Crippen LogP contribution in [0.25, 0.3) is 0 Å². The molecule has 0 amide bonds. The van der Waals surface area contributed by atoms with Crippen molar-refractivity contribution < 1.29 is 4.79 Å². The minimum atomic E-state index is 0.702. The highest BCUT2D eigenvalue weighted by molar-refractivity contribution is 5.77. The summed E-state index contributed by atoms with van der Waals surface area (Å²) >= 11 is 0. The SMILES string of the molecule is Cc1cc(C2CCCCC2C)ccc1C=O. The van der Waals surface area contributed by atoms with Crippen LogP contribution in [0.1, 0.15) is 60.0 Å². The highest BCUT2D eigenvalue weighted by atomic mass is 16.1. The van der Waals surface area contributed by atoms with Crippen molar-refractivity contribution in [1.29, 1.82) is 0 Å². The molecule has 0 aromatic heterocycles. The summed E-state index contributed by atoms with van der Waals surface area (Å²) in [5.74, 6) is 1.49. The highest BCUT2D eigenvalue weighted by Crippen LogP contribution is 2.37. The van der Waals surface area contributed by atoms with Crippen molar-refractivity contribution in [2.75, 3.05) is 0 Å². The third-order valence-corrected chi connectivity index (χ3v) is 3.96. The predicted molar refractivity (Wildman–Crippen MR) is 66.9 cm³/mol. The fourth-order valence-corrected chi connectivity index (χ4v) is 2.87. The second-order valence-electron chi connectivity index (χ2n) is 5.10. The lowest BCUT2D eigenvalue weighted by Gasteiger charge is -2.29. The average Bonchev–Trinajstić information content (AvgIpc) is 2.29. The van der Waals surface area contributed by atoms with Gasteiger partial charge in [-0.15, -0.1) is 0 Å². The topological polar surface area (TPSA) is 17.1 Å². The molecule has 1 nitrogen and oxygen atoms in total.